The van der Waals surface area contributed by atoms with E-state index in [0.29, 0.717) is 33.6 Å². The number of hydrogen-bond acceptors (Lipinski definition) is 8. The van der Waals surface area contributed by atoms with Crippen LogP contribution in [-0.4, -0.2) is 38.6 Å². The third-order valence-electron chi connectivity index (χ3n) is 5.33. The van der Waals surface area contributed by atoms with Gasteiger partial charge in [0, 0.05) is 18.0 Å². The second-order valence-electron chi connectivity index (χ2n) is 7.63. The summed E-state index contributed by atoms with van der Waals surface area (Å²) in [4.78, 5) is 31.4. The Morgan fingerprint density at radius 3 is 2.45 bits per heavy atom. The summed E-state index contributed by atoms with van der Waals surface area (Å²) in [7, 11) is 0. The van der Waals surface area contributed by atoms with Crippen LogP contribution in [0, 0.1) is 6.92 Å². The molecule has 3 aromatic rings. The van der Waals surface area contributed by atoms with Gasteiger partial charge in [-0.25, -0.2) is 0 Å². The number of ether oxygens (including phenoxy) is 1. The van der Waals surface area contributed by atoms with Crippen LogP contribution in [0.5, 0.6) is 5.75 Å². The van der Waals surface area contributed by atoms with Crippen LogP contribution < -0.4 is 9.64 Å². The average molecular weight is 465 g/mol. The number of aryl methyl sites for hydroxylation is 1. The van der Waals surface area contributed by atoms with Gasteiger partial charge in [-0.3, -0.25) is 19.5 Å². The van der Waals surface area contributed by atoms with Crippen molar-refractivity contribution in [3.8, 4) is 5.75 Å². The van der Waals surface area contributed by atoms with E-state index in [-0.39, 0.29) is 11.3 Å². The van der Waals surface area contributed by atoms with Gasteiger partial charge in [-0.15, -0.1) is 10.2 Å². The molecular weight excluding hydrogens is 440 g/mol. The van der Waals surface area contributed by atoms with Gasteiger partial charge in [-0.05, 0) is 43.2 Å². The lowest BCUT2D eigenvalue weighted by Crippen LogP contribution is -2.29. The molecule has 8 nitrogen and oxygen atoms in total. The minimum absolute atomic E-state index is 0.00401. The summed E-state index contributed by atoms with van der Waals surface area (Å²) < 4.78 is 5.79. The number of ketones is 1. The van der Waals surface area contributed by atoms with Crippen LogP contribution >= 0.6 is 11.3 Å². The minimum atomic E-state index is -0.848. The normalized spacial score (nSPS) is 17.5. The van der Waals surface area contributed by atoms with E-state index in [2.05, 4.69) is 22.1 Å². The SMILES string of the molecule is CCCCCOc1ccc(C2/C(=C(\O)c3ccncc3)C(=O)C(=O)N2c2nnc(C)s2)cc1. The van der Waals surface area contributed by atoms with Gasteiger partial charge >= 0.3 is 5.91 Å². The Hall–Kier alpha value is -3.59. The lowest BCUT2D eigenvalue weighted by molar-refractivity contribution is -0.132. The number of anilines is 1. The van der Waals surface area contributed by atoms with Gasteiger partial charge in [0.15, 0.2) is 0 Å². The number of rotatable bonds is 8. The number of hydrogen-bond donors (Lipinski definition) is 1. The van der Waals surface area contributed by atoms with E-state index in [9.17, 15) is 14.7 Å². The Kier molecular flexibility index (Phi) is 6.79. The van der Waals surface area contributed by atoms with Crippen LogP contribution in [0.3, 0.4) is 0 Å². The van der Waals surface area contributed by atoms with Crippen molar-refractivity contribution in [2.45, 2.75) is 39.2 Å². The Balaban J connectivity index is 1.75. The van der Waals surface area contributed by atoms with Crippen molar-refractivity contribution >= 4 is 33.9 Å². The number of aromatic nitrogens is 3. The number of amides is 1. The van der Waals surface area contributed by atoms with Crippen LogP contribution in [0.25, 0.3) is 5.76 Å². The number of carbonyl (C=O) groups excluding carboxylic acids is 2. The molecule has 1 fully saturated rings. The Morgan fingerprint density at radius 2 is 1.82 bits per heavy atom. The number of benzene rings is 1. The molecule has 170 valence electrons. The van der Waals surface area contributed by atoms with Crippen LogP contribution in [0.4, 0.5) is 5.13 Å². The standard InChI is InChI=1S/C24H24N4O4S/c1-3-4-5-14-32-18-8-6-16(7-9-18)20-19(21(29)17-10-12-25-13-11-17)22(30)23(31)28(20)24-27-26-15(2)33-24/h6-13,20,29H,3-5,14H2,1-2H3/b21-19+. The number of Topliss-reactive ketones (excluding diaryl/α,β-unsaturated/α-hetero) is 1. The zero-order valence-corrected chi connectivity index (χ0v) is 19.2. The largest absolute Gasteiger partial charge is 0.507 e. The van der Waals surface area contributed by atoms with Crippen molar-refractivity contribution in [1.29, 1.82) is 0 Å². The van der Waals surface area contributed by atoms with Crippen molar-refractivity contribution in [3.63, 3.8) is 0 Å². The van der Waals surface area contributed by atoms with Gasteiger partial charge < -0.3 is 9.84 Å². The summed E-state index contributed by atoms with van der Waals surface area (Å²) in [5.41, 5.74) is 1.05. The Bertz CT molecular complexity index is 1170. The molecule has 0 radical (unpaired) electrons. The fourth-order valence-electron chi connectivity index (χ4n) is 3.68. The van der Waals surface area contributed by atoms with Crippen LogP contribution in [-0.2, 0) is 9.59 Å². The zero-order chi connectivity index (χ0) is 23.4. The van der Waals surface area contributed by atoms with Crippen molar-refractivity contribution in [3.05, 3.63) is 70.5 Å². The molecule has 1 aliphatic rings. The number of aliphatic hydroxyl groups excluding tert-OH is 1. The highest BCUT2D eigenvalue weighted by Crippen LogP contribution is 2.43. The van der Waals surface area contributed by atoms with Crippen molar-refractivity contribution in [2.24, 2.45) is 0 Å². The van der Waals surface area contributed by atoms with Gasteiger partial charge in [0.25, 0.3) is 5.78 Å². The summed E-state index contributed by atoms with van der Waals surface area (Å²) in [6.07, 6.45) is 6.21. The summed E-state index contributed by atoms with van der Waals surface area (Å²) >= 11 is 1.21. The molecule has 1 atom stereocenters. The third-order valence-corrected chi connectivity index (χ3v) is 6.17. The van der Waals surface area contributed by atoms with Crippen molar-refractivity contribution in [2.75, 3.05) is 11.5 Å². The average Bonchev–Trinajstić information content (AvgIpc) is 3.38. The second kappa shape index (κ2) is 9.91. The first-order chi connectivity index (χ1) is 16.0. The number of unbranched alkanes of at least 4 members (excludes halogenated alkanes) is 2. The smallest absolute Gasteiger partial charge is 0.301 e. The summed E-state index contributed by atoms with van der Waals surface area (Å²) in [6, 6.07) is 9.53. The number of nitrogens with zero attached hydrogens (tertiary/aromatic N) is 4. The van der Waals surface area contributed by atoms with Crippen LogP contribution in [0.15, 0.2) is 54.4 Å². The first kappa shape index (κ1) is 22.6. The molecule has 4 rings (SSSR count). The maximum absolute atomic E-state index is 13.1. The van der Waals surface area contributed by atoms with Crippen LogP contribution in [0.1, 0.15) is 48.4 Å². The molecule has 0 bridgehead atoms. The molecular formula is C24H24N4O4S. The molecule has 1 N–H and O–H groups in total. The molecule has 1 aromatic carbocycles. The molecule has 3 heterocycles. The highest BCUT2D eigenvalue weighted by Gasteiger charge is 2.48. The highest BCUT2D eigenvalue weighted by atomic mass is 32.1. The van der Waals surface area contributed by atoms with Gasteiger partial charge in [0.1, 0.15) is 16.5 Å². The minimum Gasteiger partial charge on any atom is -0.507 e. The van der Waals surface area contributed by atoms with Gasteiger partial charge in [0.2, 0.25) is 5.13 Å². The molecule has 0 saturated carbocycles. The van der Waals surface area contributed by atoms with E-state index in [0.717, 1.165) is 19.3 Å². The van der Waals surface area contributed by atoms with Gasteiger partial charge in [0.05, 0.1) is 18.2 Å². The van der Waals surface area contributed by atoms with E-state index >= 15 is 0 Å². The maximum Gasteiger partial charge on any atom is 0.301 e. The lowest BCUT2D eigenvalue weighted by atomic mass is 9.95. The number of pyridine rings is 1. The fraction of sp³-hybridized carbons (Fsp3) is 0.292. The van der Waals surface area contributed by atoms with E-state index in [4.69, 9.17) is 4.74 Å². The predicted molar refractivity (Wildman–Crippen MR) is 125 cm³/mol. The molecule has 0 spiro atoms. The van der Waals surface area contributed by atoms with E-state index in [1.807, 2.05) is 0 Å². The van der Waals surface area contributed by atoms with E-state index in [1.165, 1.54) is 28.6 Å². The van der Waals surface area contributed by atoms with E-state index < -0.39 is 17.7 Å². The van der Waals surface area contributed by atoms with Gasteiger partial charge in [-0.1, -0.05) is 43.2 Å². The second-order valence-corrected chi connectivity index (χ2v) is 8.79. The molecule has 2 aromatic heterocycles. The van der Waals surface area contributed by atoms with Gasteiger partial charge in [-0.2, -0.15) is 0 Å². The summed E-state index contributed by atoms with van der Waals surface area (Å²) in [5, 5.41) is 20.1. The number of aliphatic hydroxyl groups is 1. The summed E-state index contributed by atoms with van der Waals surface area (Å²) in [5.74, 6) is -1.09. The predicted octanol–water partition coefficient (Wildman–Crippen LogP) is 4.44. The zero-order valence-electron chi connectivity index (χ0n) is 18.4. The topological polar surface area (TPSA) is 106 Å². The Labute approximate surface area is 195 Å². The molecule has 1 aliphatic heterocycles. The lowest BCUT2D eigenvalue weighted by Gasteiger charge is -2.22. The molecule has 33 heavy (non-hydrogen) atoms. The number of carbonyl (C=O) groups is 2. The molecule has 0 aliphatic carbocycles. The van der Waals surface area contributed by atoms with Crippen molar-refractivity contribution in [1.82, 2.24) is 15.2 Å². The molecule has 1 amide bonds. The Morgan fingerprint density at radius 1 is 1.09 bits per heavy atom. The van der Waals surface area contributed by atoms with Crippen LogP contribution in [0.2, 0.25) is 0 Å². The van der Waals surface area contributed by atoms with Crippen molar-refractivity contribution < 1.29 is 19.4 Å². The fourth-order valence-corrected chi connectivity index (χ4v) is 4.40. The quantitative estimate of drug-likeness (QED) is 0.227. The molecule has 1 saturated heterocycles. The third kappa shape index (κ3) is 4.63. The maximum atomic E-state index is 13.1. The highest BCUT2D eigenvalue weighted by molar-refractivity contribution is 7.15. The van der Waals surface area contributed by atoms with E-state index in [1.54, 1.807) is 43.3 Å². The molecule has 1 unspecified atom stereocenters. The first-order valence-electron chi connectivity index (χ1n) is 10.8. The first-order valence-corrected chi connectivity index (χ1v) is 11.6. The molecule has 9 heteroatoms. The monoisotopic (exact) mass is 464 g/mol. The summed E-state index contributed by atoms with van der Waals surface area (Å²) in [6.45, 7) is 4.53.